The van der Waals surface area contributed by atoms with Crippen LogP contribution in [-0.4, -0.2) is 60.9 Å². The number of carbonyl (C=O) groups is 1. The number of methoxy groups -OCH3 is 2. The van der Waals surface area contributed by atoms with Gasteiger partial charge < -0.3 is 25.2 Å². The van der Waals surface area contributed by atoms with Gasteiger partial charge in [-0.05, 0) is 0 Å². The maximum atomic E-state index is 12.2. The topological polar surface area (TPSA) is 106 Å². The van der Waals surface area contributed by atoms with E-state index in [1.807, 2.05) is 0 Å². The number of β-amino-alcohol motifs (C(OH)–C–C–N with tert-alkyl or cyclic N) is 1. The number of hydrogen-bond acceptors (Lipinski definition) is 7. The zero-order chi connectivity index (χ0) is 14.5. The summed E-state index contributed by atoms with van der Waals surface area (Å²) in [6, 6.07) is 0. The van der Waals surface area contributed by atoms with Crippen LogP contribution in [0.25, 0.3) is 0 Å². The lowest BCUT2D eigenvalue weighted by atomic mass is 10.1. The number of nitrogens with zero attached hydrogens (tertiary/aromatic N) is 2. The Morgan fingerprint density at radius 2 is 2.05 bits per heavy atom. The van der Waals surface area contributed by atoms with Crippen LogP contribution >= 0.6 is 0 Å². The van der Waals surface area contributed by atoms with Crippen molar-refractivity contribution in [3.63, 3.8) is 0 Å². The molecule has 0 spiro atoms. The number of aliphatic hydroxyl groups excluding tert-OH is 1. The minimum absolute atomic E-state index is 0.0134. The summed E-state index contributed by atoms with van der Waals surface area (Å²) >= 11 is 0. The molecule has 1 fully saturated rings. The van der Waals surface area contributed by atoms with Crippen molar-refractivity contribution in [1.29, 1.82) is 0 Å². The lowest BCUT2D eigenvalue weighted by Gasteiger charge is -2.15. The minimum Gasteiger partial charge on any atom is -0.480 e. The van der Waals surface area contributed by atoms with Crippen molar-refractivity contribution in [3.8, 4) is 11.8 Å². The van der Waals surface area contributed by atoms with Crippen LogP contribution in [0.4, 0.5) is 0 Å². The van der Waals surface area contributed by atoms with Crippen molar-refractivity contribution in [2.24, 2.45) is 5.92 Å². The van der Waals surface area contributed by atoms with E-state index in [0.29, 0.717) is 19.6 Å². The van der Waals surface area contributed by atoms with Crippen molar-refractivity contribution in [2.45, 2.75) is 6.10 Å². The summed E-state index contributed by atoms with van der Waals surface area (Å²) in [6.07, 6.45) is 0.810. The van der Waals surface area contributed by atoms with Crippen LogP contribution in [-0.2, 0) is 0 Å². The van der Waals surface area contributed by atoms with Gasteiger partial charge in [0.25, 0.3) is 5.91 Å². The van der Waals surface area contributed by atoms with Gasteiger partial charge in [0.2, 0.25) is 11.8 Å². The number of nitrogens with one attached hydrogen (secondary N) is 2. The van der Waals surface area contributed by atoms with Crippen molar-refractivity contribution in [3.05, 3.63) is 11.9 Å². The highest BCUT2D eigenvalue weighted by molar-refractivity contribution is 5.98. The first kappa shape index (κ1) is 14.5. The molecular weight excluding hydrogens is 264 g/mol. The van der Waals surface area contributed by atoms with Gasteiger partial charge >= 0.3 is 0 Å². The molecule has 20 heavy (non-hydrogen) atoms. The predicted molar refractivity (Wildman–Crippen MR) is 69.8 cm³/mol. The number of hydrogen-bond donors (Lipinski definition) is 3. The lowest BCUT2D eigenvalue weighted by Crippen LogP contribution is -2.34. The molecule has 1 aromatic heterocycles. The number of aromatic nitrogens is 2. The molecular formula is C12H18N4O4. The molecule has 2 unspecified atom stereocenters. The second kappa shape index (κ2) is 6.49. The van der Waals surface area contributed by atoms with Gasteiger partial charge in [-0.2, -0.15) is 0 Å². The van der Waals surface area contributed by atoms with Crippen LogP contribution in [0, 0.1) is 5.92 Å². The van der Waals surface area contributed by atoms with E-state index in [0.717, 1.165) is 0 Å². The third-order valence-electron chi connectivity index (χ3n) is 3.22. The van der Waals surface area contributed by atoms with Crippen molar-refractivity contribution < 1.29 is 19.4 Å². The molecule has 1 aliphatic rings. The summed E-state index contributed by atoms with van der Waals surface area (Å²) in [4.78, 5) is 20.0. The maximum absolute atomic E-state index is 12.2. The Balaban J connectivity index is 2.08. The van der Waals surface area contributed by atoms with Gasteiger partial charge in [0.1, 0.15) is 6.33 Å². The van der Waals surface area contributed by atoms with Gasteiger partial charge in [-0.1, -0.05) is 0 Å². The summed E-state index contributed by atoms with van der Waals surface area (Å²) < 4.78 is 10.1. The van der Waals surface area contributed by atoms with E-state index < -0.39 is 12.0 Å². The van der Waals surface area contributed by atoms with E-state index in [-0.39, 0.29) is 23.2 Å². The molecule has 2 heterocycles. The average molecular weight is 282 g/mol. The van der Waals surface area contributed by atoms with Gasteiger partial charge in [0.15, 0.2) is 5.56 Å². The number of ether oxygens (including phenoxy) is 2. The second-order valence-corrected chi connectivity index (χ2v) is 4.46. The molecule has 0 radical (unpaired) electrons. The van der Waals surface area contributed by atoms with Gasteiger partial charge in [0.05, 0.1) is 20.3 Å². The smallest absolute Gasteiger partial charge is 0.262 e. The van der Waals surface area contributed by atoms with Gasteiger partial charge in [0, 0.05) is 25.6 Å². The van der Waals surface area contributed by atoms with E-state index in [1.165, 1.54) is 20.5 Å². The van der Waals surface area contributed by atoms with Crippen molar-refractivity contribution in [2.75, 3.05) is 33.9 Å². The van der Waals surface area contributed by atoms with Crippen LogP contribution in [0.1, 0.15) is 10.4 Å². The Bertz CT molecular complexity index is 460. The highest BCUT2D eigenvalue weighted by atomic mass is 16.5. The number of amides is 1. The van der Waals surface area contributed by atoms with Gasteiger partial charge in [-0.15, -0.1) is 0 Å². The Labute approximate surface area is 116 Å². The summed E-state index contributed by atoms with van der Waals surface area (Å²) in [5.41, 5.74) is 0.151. The number of aliphatic hydroxyl groups is 1. The van der Waals surface area contributed by atoms with E-state index in [4.69, 9.17) is 9.47 Å². The van der Waals surface area contributed by atoms with E-state index in [9.17, 15) is 9.90 Å². The van der Waals surface area contributed by atoms with Crippen LogP contribution < -0.4 is 20.1 Å². The Hall–Kier alpha value is -1.93. The van der Waals surface area contributed by atoms with E-state index in [1.54, 1.807) is 0 Å². The molecule has 0 aliphatic carbocycles. The van der Waals surface area contributed by atoms with Crippen molar-refractivity contribution >= 4 is 5.91 Å². The average Bonchev–Trinajstić information content (AvgIpc) is 2.89. The molecule has 110 valence electrons. The van der Waals surface area contributed by atoms with Crippen LogP contribution in [0.2, 0.25) is 0 Å². The lowest BCUT2D eigenvalue weighted by molar-refractivity contribution is 0.0919. The van der Waals surface area contributed by atoms with Gasteiger partial charge in [-0.3, -0.25) is 4.79 Å². The molecule has 1 saturated heterocycles. The SMILES string of the molecule is COc1ncnc(OC)c1C(=O)NCC1CNCC1O. The highest BCUT2D eigenvalue weighted by Crippen LogP contribution is 2.23. The normalized spacial score (nSPS) is 21.6. The molecule has 1 amide bonds. The molecule has 2 rings (SSSR count). The Morgan fingerprint density at radius 1 is 1.40 bits per heavy atom. The molecule has 8 nitrogen and oxygen atoms in total. The van der Waals surface area contributed by atoms with Crippen LogP contribution in [0.3, 0.4) is 0 Å². The van der Waals surface area contributed by atoms with E-state index >= 15 is 0 Å². The Kier molecular flexibility index (Phi) is 4.70. The summed E-state index contributed by atoms with van der Waals surface area (Å²) in [5, 5.41) is 15.5. The largest absolute Gasteiger partial charge is 0.480 e. The van der Waals surface area contributed by atoms with Crippen molar-refractivity contribution in [1.82, 2.24) is 20.6 Å². The first-order valence-corrected chi connectivity index (χ1v) is 6.27. The quantitative estimate of drug-likeness (QED) is 0.623. The summed E-state index contributed by atoms with van der Waals surface area (Å²) in [6.45, 7) is 1.57. The number of rotatable bonds is 5. The standard InChI is InChI=1S/C12H18N4O4/c1-19-11-9(12(20-2)16-6-15-11)10(18)14-4-7-3-13-5-8(7)17/h6-8,13,17H,3-5H2,1-2H3,(H,14,18). The zero-order valence-corrected chi connectivity index (χ0v) is 11.4. The predicted octanol–water partition coefficient (Wildman–Crippen LogP) is -1.20. The fourth-order valence-electron chi connectivity index (χ4n) is 2.10. The summed E-state index contributed by atoms with van der Waals surface area (Å²) in [7, 11) is 2.84. The highest BCUT2D eigenvalue weighted by Gasteiger charge is 2.27. The fraction of sp³-hybridized carbons (Fsp3) is 0.583. The first-order valence-electron chi connectivity index (χ1n) is 6.27. The van der Waals surface area contributed by atoms with E-state index in [2.05, 4.69) is 20.6 Å². The molecule has 1 aromatic rings. The molecule has 3 N–H and O–H groups in total. The third-order valence-corrected chi connectivity index (χ3v) is 3.22. The minimum atomic E-state index is -0.453. The molecule has 1 aliphatic heterocycles. The summed E-state index contributed by atoms with van der Waals surface area (Å²) in [5.74, 6) is -0.0992. The second-order valence-electron chi connectivity index (χ2n) is 4.46. The monoisotopic (exact) mass is 282 g/mol. The molecule has 2 atom stereocenters. The maximum Gasteiger partial charge on any atom is 0.262 e. The third kappa shape index (κ3) is 2.97. The first-order chi connectivity index (χ1) is 9.67. The Morgan fingerprint density at radius 3 is 2.55 bits per heavy atom. The molecule has 0 aromatic carbocycles. The van der Waals surface area contributed by atoms with Crippen LogP contribution in [0.5, 0.6) is 11.8 Å². The zero-order valence-electron chi connectivity index (χ0n) is 11.4. The number of carbonyl (C=O) groups excluding carboxylic acids is 1. The van der Waals surface area contributed by atoms with Gasteiger partial charge in [-0.25, -0.2) is 9.97 Å². The molecule has 8 heteroatoms. The van der Waals surface area contributed by atoms with Crippen LogP contribution in [0.15, 0.2) is 6.33 Å². The fourth-order valence-corrected chi connectivity index (χ4v) is 2.10. The molecule has 0 saturated carbocycles. The molecule has 0 bridgehead atoms.